The molecule has 1 amide bonds. The zero-order valence-corrected chi connectivity index (χ0v) is 14.1. The number of aryl methyl sites for hydroxylation is 1. The largest absolute Gasteiger partial charge is 0.384 e. The van der Waals surface area contributed by atoms with Gasteiger partial charge in [-0.1, -0.05) is 24.3 Å². The highest BCUT2D eigenvalue weighted by atomic mass is 16.1. The molecule has 0 aliphatic rings. The summed E-state index contributed by atoms with van der Waals surface area (Å²) >= 11 is 0. The Morgan fingerprint density at radius 3 is 2.30 bits per heavy atom. The van der Waals surface area contributed by atoms with E-state index in [2.05, 4.69) is 29.6 Å². The average Bonchev–Trinajstić information content (AvgIpc) is 2.51. The fourth-order valence-corrected chi connectivity index (χ4v) is 2.28. The Kier molecular flexibility index (Phi) is 6.18. The van der Waals surface area contributed by atoms with E-state index in [1.165, 1.54) is 0 Å². The Morgan fingerprint density at radius 2 is 1.65 bits per heavy atom. The van der Waals surface area contributed by atoms with Crippen LogP contribution in [-0.2, 0) is 11.2 Å². The highest BCUT2D eigenvalue weighted by molar-refractivity contribution is 5.92. The molecule has 0 unspecified atom stereocenters. The third-order valence-electron chi connectivity index (χ3n) is 3.67. The molecule has 122 valence electrons. The van der Waals surface area contributed by atoms with Gasteiger partial charge < -0.3 is 15.5 Å². The average molecular weight is 311 g/mol. The summed E-state index contributed by atoms with van der Waals surface area (Å²) in [4.78, 5) is 14.3. The summed E-state index contributed by atoms with van der Waals surface area (Å²) in [6, 6.07) is 15.8. The first kappa shape index (κ1) is 17.0. The fourth-order valence-electron chi connectivity index (χ4n) is 2.28. The number of anilines is 2. The molecule has 23 heavy (non-hydrogen) atoms. The Bertz CT molecular complexity index is 635. The molecule has 0 bridgehead atoms. The van der Waals surface area contributed by atoms with Crippen molar-refractivity contribution in [3.8, 4) is 0 Å². The van der Waals surface area contributed by atoms with Crippen LogP contribution in [0.2, 0.25) is 0 Å². The van der Waals surface area contributed by atoms with Crippen molar-refractivity contribution < 1.29 is 4.79 Å². The normalized spacial score (nSPS) is 10.6. The van der Waals surface area contributed by atoms with Crippen LogP contribution in [0.25, 0.3) is 0 Å². The fraction of sp³-hybridized carbons (Fsp3) is 0.316. The molecule has 0 aliphatic heterocycles. The molecule has 0 saturated carbocycles. The molecule has 0 spiro atoms. The maximum absolute atomic E-state index is 12.1. The van der Waals surface area contributed by atoms with Crippen molar-refractivity contribution in [2.24, 2.45) is 0 Å². The molecule has 2 rings (SSSR count). The van der Waals surface area contributed by atoms with Gasteiger partial charge in [-0.25, -0.2) is 0 Å². The SMILES string of the molecule is Cc1ccccc1CC(=O)Nc1ccc(NCCN(C)C)cc1. The summed E-state index contributed by atoms with van der Waals surface area (Å²) in [5.74, 6) is 0.00705. The molecular formula is C19H25N3O. The summed E-state index contributed by atoms with van der Waals surface area (Å²) in [6.07, 6.45) is 0.398. The number of carbonyl (C=O) groups is 1. The number of carbonyl (C=O) groups excluding carboxylic acids is 1. The molecule has 0 atom stereocenters. The van der Waals surface area contributed by atoms with E-state index >= 15 is 0 Å². The van der Waals surface area contributed by atoms with Gasteiger partial charge in [0, 0.05) is 24.5 Å². The Hall–Kier alpha value is -2.33. The van der Waals surface area contributed by atoms with E-state index < -0.39 is 0 Å². The summed E-state index contributed by atoms with van der Waals surface area (Å²) in [5, 5.41) is 6.29. The van der Waals surface area contributed by atoms with Gasteiger partial charge in [0.15, 0.2) is 0 Å². The van der Waals surface area contributed by atoms with Crippen molar-refractivity contribution in [2.45, 2.75) is 13.3 Å². The first-order chi connectivity index (χ1) is 11.0. The first-order valence-electron chi connectivity index (χ1n) is 7.87. The van der Waals surface area contributed by atoms with Crippen LogP contribution in [0.3, 0.4) is 0 Å². The molecule has 4 heteroatoms. The Morgan fingerprint density at radius 1 is 1.00 bits per heavy atom. The van der Waals surface area contributed by atoms with E-state index in [0.717, 1.165) is 35.6 Å². The molecular weight excluding hydrogens is 286 g/mol. The third kappa shape index (κ3) is 5.75. The molecule has 0 fully saturated rings. The summed E-state index contributed by atoms with van der Waals surface area (Å²) < 4.78 is 0. The smallest absolute Gasteiger partial charge is 0.228 e. The molecule has 4 nitrogen and oxygen atoms in total. The van der Waals surface area contributed by atoms with Crippen LogP contribution in [0.1, 0.15) is 11.1 Å². The van der Waals surface area contributed by atoms with Crippen LogP contribution in [0.15, 0.2) is 48.5 Å². The lowest BCUT2D eigenvalue weighted by atomic mass is 10.1. The standard InChI is InChI=1S/C19H25N3O/c1-15-6-4-5-7-16(15)14-19(23)21-18-10-8-17(9-11-18)20-12-13-22(2)3/h4-11,20H,12-14H2,1-3H3,(H,21,23). The molecule has 2 aromatic rings. The van der Waals surface area contributed by atoms with Crippen LogP contribution in [0, 0.1) is 6.92 Å². The van der Waals surface area contributed by atoms with Crippen LogP contribution >= 0.6 is 0 Å². The van der Waals surface area contributed by atoms with Crippen molar-refractivity contribution in [1.82, 2.24) is 4.90 Å². The summed E-state index contributed by atoms with van der Waals surface area (Å²) in [5.41, 5.74) is 4.08. The van der Waals surface area contributed by atoms with E-state index in [-0.39, 0.29) is 5.91 Å². The predicted molar refractivity (Wildman–Crippen MR) is 97.0 cm³/mol. The number of rotatable bonds is 7. The van der Waals surface area contributed by atoms with Gasteiger partial charge in [-0.2, -0.15) is 0 Å². The predicted octanol–water partition coefficient (Wildman–Crippen LogP) is 3.15. The molecule has 0 saturated heterocycles. The van der Waals surface area contributed by atoms with Gasteiger partial charge in [0.05, 0.1) is 6.42 Å². The molecule has 0 aromatic heterocycles. The van der Waals surface area contributed by atoms with Gasteiger partial charge >= 0.3 is 0 Å². The van der Waals surface area contributed by atoms with Crippen LogP contribution in [-0.4, -0.2) is 38.0 Å². The second kappa shape index (κ2) is 8.34. The second-order valence-corrected chi connectivity index (χ2v) is 5.96. The number of likely N-dealkylation sites (N-methyl/N-ethyl adjacent to an activating group) is 1. The van der Waals surface area contributed by atoms with Gasteiger partial charge in [-0.3, -0.25) is 4.79 Å². The van der Waals surface area contributed by atoms with Crippen LogP contribution < -0.4 is 10.6 Å². The lowest BCUT2D eigenvalue weighted by Crippen LogP contribution is -2.20. The minimum atomic E-state index is 0.00705. The van der Waals surface area contributed by atoms with Gasteiger partial charge in [0.2, 0.25) is 5.91 Å². The quantitative estimate of drug-likeness (QED) is 0.825. The van der Waals surface area contributed by atoms with E-state index in [1.54, 1.807) is 0 Å². The molecule has 2 aromatic carbocycles. The lowest BCUT2D eigenvalue weighted by molar-refractivity contribution is -0.115. The van der Waals surface area contributed by atoms with Gasteiger partial charge in [-0.15, -0.1) is 0 Å². The number of hydrogen-bond donors (Lipinski definition) is 2. The lowest BCUT2D eigenvalue weighted by Gasteiger charge is -2.12. The van der Waals surface area contributed by atoms with E-state index in [9.17, 15) is 4.79 Å². The van der Waals surface area contributed by atoms with E-state index in [1.807, 2.05) is 55.5 Å². The molecule has 0 heterocycles. The third-order valence-corrected chi connectivity index (χ3v) is 3.67. The monoisotopic (exact) mass is 311 g/mol. The number of hydrogen-bond acceptors (Lipinski definition) is 3. The van der Waals surface area contributed by atoms with E-state index in [4.69, 9.17) is 0 Å². The van der Waals surface area contributed by atoms with Gasteiger partial charge in [0.1, 0.15) is 0 Å². The second-order valence-electron chi connectivity index (χ2n) is 5.96. The number of amides is 1. The van der Waals surface area contributed by atoms with Crippen LogP contribution in [0.4, 0.5) is 11.4 Å². The van der Waals surface area contributed by atoms with Gasteiger partial charge in [0.25, 0.3) is 0 Å². The number of nitrogens with zero attached hydrogens (tertiary/aromatic N) is 1. The summed E-state index contributed by atoms with van der Waals surface area (Å²) in [7, 11) is 4.10. The maximum atomic E-state index is 12.1. The van der Waals surface area contributed by atoms with Crippen molar-refractivity contribution in [1.29, 1.82) is 0 Å². The minimum Gasteiger partial charge on any atom is -0.384 e. The number of nitrogens with one attached hydrogen (secondary N) is 2. The van der Waals surface area contributed by atoms with Crippen molar-refractivity contribution >= 4 is 17.3 Å². The Balaban J connectivity index is 1.85. The van der Waals surface area contributed by atoms with E-state index in [0.29, 0.717) is 6.42 Å². The molecule has 0 aliphatic carbocycles. The zero-order valence-electron chi connectivity index (χ0n) is 14.1. The first-order valence-corrected chi connectivity index (χ1v) is 7.87. The topological polar surface area (TPSA) is 44.4 Å². The molecule has 0 radical (unpaired) electrons. The number of benzene rings is 2. The molecule has 2 N–H and O–H groups in total. The zero-order chi connectivity index (χ0) is 16.7. The highest BCUT2D eigenvalue weighted by Gasteiger charge is 2.06. The van der Waals surface area contributed by atoms with Crippen molar-refractivity contribution in [3.05, 3.63) is 59.7 Å². The van der Waals surface area contributed by atoms with Crippen LogP contribution in [0.5, 0.6) is 0 Å². The Labute approximate surface area is 138 Å². The minimum absolute atomic E-state index is 0.00705. The van der Waals surface area contributed by atoms with Crippen molar-refractivity contribution in [2.75, 3.05) is 37.8 Å². The van der Waals surface area contributed by atoms with Crippen molar-refractivity contribution in [3.63, 3.8) is 0 Å². The maximum Gasteiger partial charge on any atom is 0.228 e. The summed E-state index contributed by atoms with van der Waals surface area (Å²) in [6.45, 7) is 3.90. The highest BCUT2D eigenvalue weighted by Crippen LogP contribution is 2.14. The van der Waals surface area contributed by atoms with Gasteiger partial charge in [-0.05, 0) is 56.4 Å².